The number of hydrogen-bond donors (Lipinski definition) is 0. The molecular formula is C14H19F. The molecule has 1 aliphatic rings. The third-order valence-electron chi connectivity index (χ3n) is 3.78. The van der Waals surface area contributed by atoms with E-state index >= 15 is 0 Å². The molecule has 1 aromatic rings. The Balaban J connectivity index is 2.36. The van der Waals surface area contributed by atoms with Crippen LogP contribution in [-0.4, -0.2) is 6.67 Å². The van der Waals surface area contributed by atoms with E-state index in [2.05, 4.69) is 19.1 Å². The van der Waals surface area contributed by atoms with E-state index in [0.29, 0.717) is 0 Å². The molecule has 0 amide bonds. The van der Waals surface area contributed by atoms with Gasteiger partial charge in [0.05, 0.1) is 6.67 Å². The van der Waals surface area contributed by atoms with Crippen LogP contribution < -0.4 is 0 Å². The van der Waals surface area contributed by atoms with Crippen molar-refractivity contribution in [2.24, 2.45) is 0 Å². The average Bonchev–Trinajstić information content (AvgIpc) is 2.30. The first-order chi connectivity index (χ1) is 7.28. The molecule has 1 heteroatoms. The first-order valence-electron chi connectivity index (χ1n) is 5.91. The third kappa shape index (κ3) is 1.92. The Morgan fingerprint density at radius 2 is 1.80 bits per heavy atom. The highest BCUT2D eigenvalue weighted by atomic mass is 19.1. The summed E-state index contributed by atoms with van der Waals surface area (Å²) in [6.07, 6.45) is 5.67. The molecule has 0 saturated heterocycles. The number of alkyl halides is 1. The van der Waals surface area contributed by atoms with Gasteiger partial charge in [0.1, 0.15) is 0 Å². The molecule has 0 aromatic heterocycles. The zero-order valence-corrected chi connectivity index (χ0v) is 9.43. The van der Waals surface area contributed by atoms with Gasteiger partial charge in [0.2, 0.25) is 0 Å². The lowest BCUT2D eigenvalue weighted by molar-refractivity contribution is 0.226. The van der Waals surface area contributed by atoms with Gasteiger partial charge in [0, 0.05) is 5.41 Å². The van der Waals surface area contributed by atoms with Crippen LogP contribution in [0.2, 0.25) is 0 Å². The molecule has 82 valence electrons. The Morgan fingerprint density at radius 1 is 1.13 bits per heavy atom. The highest BCUT2D eigenvalue weighted by molar-refractivity contribution is 5.34. The van der Waals surface area contributed by atoms with Crippen LogP contribution in [0.4, 0.5) is 4.39 Å². The summed E-state index contributed by atoms with van der Waals surface area (Å²) >= 11 is 0. The Bertz CT molecular complexity index is 324. The lowest BCUT2D eigenvalue weighted by Gasteiger charge is -2.36. The first-order valence-corrected chi connectivity index (χ1v) is 5.91. The minimum Gasteiger partial charge on any atom is -0.250 e. The summed E-state index contributed by atoms with van der Waals surface area (Å²) in [6.45, 7) is 1.90. The molecule has 1 fully saturated rings. The molecule has 0 unspecified atom stereocenters. The number of aryl methyl sites for hydroxylation is 1. The molecule has 1 aliphatic carbocycles. The van der Waals surface area contributed by atoms with Crippen molar-refractivity contribution in [3.8, 4) is 0 Å². The molecule has 0 bridgehead atoms. The molecule has 15 heavy (non-hydrogen) atoms. The molecule has 0 spiro atoms. The van der Waals surface area contributed by atoms with E-state index in [1.54, 1.807) is 0 Å². The lowest BCUT2D eigenvalue weighted by atomic mass is 9.69. The Kier molecular flexibility index (Phi) is 3.08. The maximum atomic E-state index is 13.4. The van der Waals surface area contributed by atoms with Crippen molar-refractivity contribution in [1.29, 1.82) is 0 Å². The fourth-order valence-electron chi connectivity index (χ4n) is 2.87. The van der Waals surface area contributed by atoms with Gasteiger partial charge < -0.3 is 0 Å². The maximum absolute atomic E-state index is 13.4. The normalized spacial score (nSPS) is 20.1. The van der Waals surface area contributed by atoms with Gasteiger partial charge in [0.15, 0.2) is 0 Å². The van der Waals surface area contributed by atoms with Gasteiger partial charge in [-0.1, -0.05) is 43.5 Å². The highest BCUT2D eigenvalue weighted by Gasteiger charge is 2.34. The van der Waals surface area contributed by atoms with Crippen molar-refractivity contribution in [2.75, 3.05) is 6.67 Å². The van der Waals surface area contributed by atoms with Gasteiger partial charge in [-0.15, -0.1) is 0 Å². The van der Waals surface area contributed by atoms with Crippen LogP contribution in [-0.2, 0) is 5.41 Å². The van der Waals surface area contributed by atoms with Gasteiger partial charge in [-0.3, -0.25) is 4.39 Å². The molecule has 2 rings (SSSR count). The molecule has 0 aliphatic heterocycles. The number of hydrogen-bond acceptors (Lipinski definition) is 0. The second-order valence-electron chi connectivity index (χ2n) is 4.79. The maximum Gasteiger partial charge on any atom is 0.0991 e. The summed E-state index contributed by atoms with van der Waals surface area (Å²) in [5.41, 5.74) is 2.33. The average molecular weight is 206 g/mol. The van der Waals surface area contributed by atoms with E-state index in [1.807, 2.05) is 12.1 Å². The minimum absolute atomic E-state index is 0.163. The summed E-state index contributed by atoms with van der Waals surface area (Å²) in [6, 6.07) is 8.28. The van der Waals surface area contributed by atoms with Gasteiger partial charge in [-0.2, -0.15) is 0 Å². The van der Waals surface area contributed by atoms with Crippen LogP contribution in [0.5, 0.6) is 0 Å². The Morgan fingerprint density at radius 3 is 2.40 bits per heavy atom. The number of benzene rings is 1. The van der Waals surface area contributed by atoms with Crippen LogP contribution in [0.25, 0.3) is 0 Å². The molecule has 0 heterocycles. The third-order valence-corrected chi connectivity index (χ3v) is 3.78. The van der Waals surface area contributed by atoms with E-state index in [4.69, 9.17) is 0 Å². The molecule has 1 saturated carbocycles. The van der Waals surface area contributed by atoms with Gasteiger partial charge in [0.25, 0.3) is 0 Å². The standard InChI is InChI=1S/C14H19F/c1-12-7-3-4-8-13(12)14(11-15)9-5-2-6-10-14/h3-4,7-8H,2,5-6,9-11H2,1H3. The number of halogens is 1. The largest absolute Gasteiger partial charge is 0.250 e. The van der Waals surface area contributed by atoms with E-state index in [1.165, 1.54) is 30.4 Å². The van der Waals surface area contributed by atoms with Crippen molar-refractivity contribution >= 4 is 0 Å². The molecule has 0 nitrogen and oxygen atoms in total. The summed E-state index contributed by atoms with van der Waals surface area (Å²) in [7, 11) is 0. The SMILES string of the molecule is Cc1ccccc1C1(CF)CCCCC1. The van der Waals surface area contributed by atoms with Gasteiger partial charge >= 0.3 is 0 Å². The molecule has 0 radical (unpaired) electrons. The summed E-state index contributed by atoms with van der Waals surface area (Å²) in [5.74, 6) is 0. The molecule has 1 aromatic carbocycles. The smallest absolute Gasteiger partial charge is 0.0991 e. The predicted octanol–water partition coefficient (Wildman–Crippen LogP) is 4.17. The number of rotatable bonds is 2. The molecule has 0 atom stereocenters. The van der Waals surface area contributed by atoms with Crippen LogP contribution in [0.15, 0.2) is 24.3 Å². The highest BCUT2D eigenvalue weighted by Crippen LogP contribution is 2.40. The van der Waals surface area contributed by atoms with Crippen molar-refractivity contribution in [3.05, 3.63) is 35.4 Å². The van der Waals surface area contributed by atoms with Gasteiger partial charge in [-0.25, -0.2) is 0 Å². The fraction of sp³-hybridized carbons (Fsp3) is 0.571. The monoisotopic (exact) mass is 206 g/mol. The van der Waals surface area contributed by atoms with E-state index in [0.717, 1.165) is 12.8 Å². The second-order valence-corrected chi connectivity index (χ2v) is 4.79. The van der Waals surface area contributed by atoms with Crippen LogP contribution >= 0.6 is 0 Å². The zero-order valence-electron chi connectivity index (χ0n) is 9.43. The minimum atomic E-state index is -0.197. The van der Waals surface area contributed by atoms with Crippen LogP contribution in [0.3, 0.4) is 0 Å². The Labute approximate surface area is 91.5 Å². The molecule has 0 N–H and O–H groups in total. The predicted molar refractivity (Wildman–Crippen MR) is 61.9 cm³/mol. The van der Waals surface area contributed by atoms with Crippen LogP contribution in [0, 0.1) is 6.92 Å². The first kappa shape index (κ1) is 10.7. The van der Waals surface area contributed by atoms with Crippen LogP contribution in [0.1, 0.15) is 43.2 Å². The van der Waals surface area contributed by atoms with Gasteiger partial charge in [-0.05, 0) is 30.9 Å². The van der Waals surface area contributed by atoms with Crippen molar-refractivity contribution in [3.63, 3.8) is 0 Å². The van der Waals surface area contributed by atoms with Crippen molar-refractivity contribution in [1.82, 2.24) is 0 Å². The van der Waals surface area contributed by atoms with E-state index in [-0.39, 0.29) is 12.1 Å². The fourth-order valence-corrected chi connectivity index (χ4v) is 2.87. The quantitative estimate of drug-likeness (QED) is 0.681. The summed E-state index contributed by atoms with van der Waals surface area (Å²) < 4.78 is 13.4. The zero-order chi connectivity index (χ0) is 10.7. The second kappa shape index (κ2) is 4.34. The topological polar surface area (TPSA) is 0 Å². The van der Waals surface area contributed by atoms with E-state index < -0.39 is 0 Å². The van der Waals surface area contributed by atoms with Crippen molar-refractivity contribution < 1.29 is 4.39 Å². The van der Waals surface area contributed by atoms with E-state index in [9.17, 15) is 4.39 Å². The summed E-state index contributed by atoms with van der Waals surface area (Å²) in [4.78, 5) is 0. The lowest BCUT2D eigenvalue weighted by Crippen LogP contribution is -2.32. The van der Waals surface area contributed by atoms with Crippen molar-refractivity contribution in [2.45, 2.75) is 44.4 Å². The Hall–Kier alpha value is -0.850. The molecular weight excluding hydrogens is 187 g/mol. The summed E-state index contributed by atoms with van der Waals surface area (Å²) in [5, 5.41) is 0.